The van der Waals surface area contributed by atoms with Crippen molar-refractivity contribution >= 4 is 11.4 Å². The van der Waals surface area contributed by atoms with Crippen molar-refractivity contribution < 1.29 is 0 Å². The van der Waals surface area contributed by atoms with Gasteiger partial charge in [-0.1, -0.05) is 56.3 Å². The van der Waals surface area contributed by atoms with Crippen molar-refractivity contribution in [3.63, 3.8) is 0 Å². The van der Waals surface area contributed by atoms with E-state index >= 15 is 0 Å². The summed E-state index contributed by atoms with van der Waals surface area (Å²) >= 11 is 0. The molecular weight excluding hydrogens is 256 g/mol. The van der Waals surface area contributed by atoms with Gasteiger partial charge in [-0.25, -0.2) is 0 Å². The van der Waals surface area contributed by atoms with E-state index in [0.717, 1.165) is 6.42 Å². The highest BCUT2D eigenvalue weighted by Crippen LogP contribution is 2.31. The second-order valence-corrected chi connectivity index (χ2v) is 6.15. The van der Waals surface area contributed by atoms with Crippen LogP contribution in [0.15, 0.2) is 54.6 Å². The molecule has 0 saturated carbocycles. The number of nitrogens with zero attached hydrogens (tertiary/aromatic N) is 1. The van der Waals surface area contributed by atoms with Crippen LogP contribution < -0.4 is 10.2 Å². The maximum Gasteiger partial charge on any atom is 0.0596 e. The number of para-hydroxylation sites is 2. The van der Waals surface area contributed by atoms with E-state index in [2.05, 4.69) is 92.8 Å². The van der Waals surface area contributed by atoms with Crippen molar-refractivity contribution in [3.8, 4) is 0 Å². The molecular formula is C19H26N2. The van der Waals surface area contributed by atoms with Crippen molar-refractivity contribution in [2.24, 2.45) is 5.92 Å². The zero-order chi connectivity index (χ0) is 15.2. The SMILES string of the molecule is CC(C)CC(Nc1ccccc1N(C)C)c1ccccc1. The van der Waals surface area contributed by atoms with Crippen molar-refractivity contribution in [3.05, 3.63) is 60.2 Å². The molecule has 2 nitrogen and oxygen atoms in total. The van der Waals surface area contributed by atoms with Crippen molar-refractivity contribution in [1.82, 2.24) is 0 Å². The molecule has 0 bridgehead atoms. The van der Waals surface area contributed by atoms with Crippen molar-refractivity contribution in [2.75, 3.05) is 24.3 Å². The molecule has 1 unspecified atom stereocenters. The Morgan fingerprint density at radius 2 is 1.52 bits per heavy atom. The Balaban J connectivity index is 2.27. The largest absolute Gasteiger partial charge is 0.377 e. The highest BCUT2D eigenvalue weighted by Gasteiger charge is 2.15. The number of hydrogen-bond donors (Lipinski definition) is 1. The van der Waals surface area contributed by atoms with Gasteiger partial charge in [0.25, 0.3) is 0 Å². The first kappa shape index (κ1) is 15.4. The molecule has 2 heteroatoms. The Labute approximate surface area is 128 Å². The van der Waals surface area contributed by atoms with Crippen LogP contribution in [0.2, 0.25) is 0 Å². The van der Waals surface area contributed by atoms with Gasteiger partial charge in [0.2, 0.25) is 0 Å². The average molecular weight is 282 g/mol. The lowest BCUT2D eigenvalue weighted by atomic mass is 9.96. The second-order valence-electron chi connectivity index (χ2n) is 6.15. The summed E-state index contributed by atoms with van der Waals surface area (Å²) in [5.74, 6) is 0.647. The minimum absolute atomic E-state index is 0.340. The van der Waals surface area contributed by atoms with E-state index in [1.54, 1.807) is 0 Å². The van der Waals surface area contributed by atoms with Crippen molar-refractivity contribution in [1.29, 1.82) is 0 Å². The van der Waals surface area contributed by atoms with Gasteiger partial charge in [-0.15, -0.1) is 0 Å². The van der Waals surface area contributed by atoms with Gasteiger partial charge < -0.3 is 10.2 Å². The Morgan fingerprint density at radius 1 is 0.905 bits per heavy atom. The maximum atomic E-state index is 3.73. The number of hydrogen-bond acceptors (Lipinski definition) is 2. The third-order valence-electron chi connectivity index (χ3n) is 3.62. The monoisotopic (exact) mass is 282 g/mol. The van der Waals surface area contributed by atoms with Crippen LogP contribution in [0.4, 0.5) is 11.4 Å². The lowest BCUT2D eigenvalue weighted by Gasteiger charge is -2.25. The fourth-order valence-electron chi connectivity index (χ4n) is 2.61. The zero-order valence-corrected chi connectivity index (χ0v) is 13.5. The van der Waals surface area contributed by atoms with E-state index in [4.69, 9.17) is 0 Å². The van der Waals surface area contributed by atoms with Crippen LogP contribution in [0, 0.1) is 5.92 Å². The highest BCUT2D eigenvalue weighted by molar-refractivity contribution is 5.69. The zero-order valence-electron chi connectivity index (χ0n) is 13.5. The molecule has 0 aliphatic heterocycles. The molecule has 0 aromatic heterocycles. The van der Waals surface area contributed by atoms with E-state index in [1.807, 2.05) is 0 Å². The van der Waals surface area contributed by atoms with E-state index in [-0.39, 0.29) is 0 Å². The van der Waals surface area contributed by atoms with E-state index in [1.165, 1.54) is 16.9 Å². The molecule has 0 amide bonds. The smallest absolute Gasteiger partial charge is 0.0596 e. The molecule has 0 heterocycles. The topological polar surface area (TPSA) is 15.3 Å². The van der Waals surface area contributed by atoms with Crippen LogP contribution in [0.25, 0.3) is 0 Å². The Hall–Kier alpha value is -1.96. The third-order valence-corrected chi connectivity index (χ3v) is 3.62. The number of benzene rings is 2. The Morgan fingerprint density at radius 3 is 2.14 bits per heavy atom. The number of nitrogens with one attached hydrogen (secondary N) is 1. The Kier molecular flexibility index (Phi) is 5.26. The van der Waals surface area contributed by atoms with Crippen LogP contribution in [-0.4, -0.2) is 14.1 Å². The van der Waals surface area contributed by atoms with Gasteiger partial charge in [0.1, 0.15) is 0 Å². The first-order chi connectivity index (χ1) is 10.1. The summed E-state index contributed by atoms with van der Waals surface area (Å²) in [5.41, 5.74) is 3.76. The minimum Gasteiger partial charge on any atom is -0.377 e. The molecule has 21 heavy (non-hydrogen) atoms. The first-order valence-electron chi connectivity index (χ1n) is 7.65. The lowest BCUT2D eigenvalue weighted by molar-refractivity contribution is 0.531. The fraction of sp³-hybridized carbons (Fsp3) is 0.368. The molecule has 1 N–H and O–H groups in total. The lowest BCUT2D eigenvalue weighted by Crippen LogP contribution is -2.17. The predicted octanol–water partition coefficient (Wildman–Crippen LogP) is 4.95. The van der Waals surface area contributed by atoms with E-state index in [0.29, 0.717) is 12.0 Å². The molecule has 112 valence electrons. The molecule has 0 fully saturated rings. The molecule has 0 radical (unpaired) electrons. The third kappa shape index (κ3) is 4.25. The quantitative estimate of drug-likeness (QED) is 0.806. The number of anilines is 2. The molecule has 2 aromatic carbocycles. The van der Waals surface area contributed by atoms with E-state index < -0.39 is 0 Å². The predicted molar refractivity (Wildman–Crippen MR) is 93.0 cm³/mol. The highest BCUT2D eigenvalue weighted by atomic mass is 15.1. The summed E-state index contributed by atoms with van der Waals surface area (Å²) < 4.78 is 0. The van der Waals surface area contributed by atoms with Gasteiger partial charge in [-0.2, -0.15) is 0 Å². The summed E-state index contributed by atoms with van der Waals surface area (Å²) in [6.45, 7) is 4.55. The van der Waals surface area contributed by atoms with Gasteiger partial charge in [0.05, 0.1) is 17.4 Å². The van der Waals surface area contributed by atoms with Gasteiger partial charge in [-0.3, -0.25) is 0 Å². The van der Waals surface area contributed by atoms with Crippen molar-refractivity contribution in [2.45, 2.75) is 26.3 Å². The second kappa shape index (κ2) is 7.16. The summed E-state index contributed by atoms with van der Waals surface area (Å²) in [6.07, 6.45) is 1.12. The summed E-state index contributed by atoms with van der Waals surface area (Å²) in [5, 5.41) is 3.73. The van der Waals surface area contributed by atoms with Crippen LogP contribution in [0.1, 0.15) is 31.9 Å². The molecule has 1 atom stereocenters. The minimum atomic E-state index is 0.340. The van der Waals surface area contributed by atoms with Crippen LogP contribution >= 0.6 is 0 Å². The maximum absolute atomic E-state index is 3.73. The normalized spacial score (nSPS) is 12.2. The van der Waals surface area contributed by atoms with Gasteiger partial charge in [0, 0.05) is 14.1 Å². The molecule has 0 spiro atoms. The molecule has 2 aromatic rings. The summed E-state index contributed by atoms with van der Waals surface area (Å²) in [4.78, 5) is 2.15. The average Bonchev–Trinajstić information content (AvgIpc) is 2.47. The fourth-order valence-corrected chi connectivity index (χ4v) is 2.61. The van der Waals surface area contributed by atoms with Gasteiger partial charge >= 0.3 is 0 Å². The van der Waals surface area contributed by atoms with E-state index in [9.17, 15) is 0 Å². The molecule has 2 rings (SSSR count). The summed E-state index contributed by atoms with van der Waals surface area (Å²) in [6, 6.07) is 19.5. The standard InChI is InChI=1S/C19H26N2/c1-15(2)14-18(16-10-6-5-7-11-16)20-17-12-8-9-13-19(17)21(3)4/h5-13,15,18,20H,14H2,1-4H3. The summed E-state index contributed by atoms with van der Waals surface area (Å²) in [7, 11) is 4.17. The van der Waals surface area contributed by atoms with Crippen LogP contribution in [-0.2, 0) is 0 Å². The molecule has 0 saturated heterocycles. The van der Waals surface area contributed by atoms with Crippen LogP contribution in [0.5, 0.6) is 0 Å². The Bertz CT molecular complexity index is 547. The molecule has 0 aliphatic carbocycles. The molecule has 0 aliphatic rings. The van der Waals surface area contributed by atoms with Gasteiger partial charge in [-0.05, 0) is 30.0 Å². The van der Waals surface area contributed by atoms with Crippen LogP contribution in [0.3, 0.4) is 0 Å². The number of rotatable bonds is 6. The van der Waals surface area contributed by atoms with Gasteiger partial charge in [0.15, 0.2) is 0 Å². The first-order valence-corrected chi connectivity index (χ1v) is 7.65.